The predicted molar refractivity (Wildman–Crippen MR) is 80.8 cm³/mol. The Morgan fingerprint density at radius 3 is 2.71 bits per heavy atom. The van der Waals surface area contributed by atoms with Crippen LogP contribution in [0.3, 0.4) is 0 Å². The molecule has 0 amide bonds. The molecule has 7 nitrogen and oxygen atoms in total. The summed E-state index contributed by atoms with van der Waals surface area (Å²) >= 11 is 0. The van der Waals surface area contributed by atoms with Crippen molar-refractivity contribution in [2.24, 2.45) is 0 Å². The fourth-order valence-corrected chi connectivity index (χ4v) is 2.06. The van der Waals surface area contributed by atoms with Crippen LogP contribution in [0.15, 0.2) is 18.6 Å². The molecule has 2 heterocycles. The summed E-state index contributed by atoms with van der Waals surface area (Å²) < 4.78 is 14.1. The van der Waals surface area contributed by atoms with Gasteiger partial charge in [-0.15, -0.1) is 0 Å². The van der Waals surface area contributed by atoms with Gasteiger partial charge in [-0.3, -0.25) is 4.68 Å². The summed E-state index contributed by atoms with van der Waals surface area (Å²) in [7, 11) is 3.40. The van der Waals surface area contributed by atoms with Crippen LogP contribution in [0.1, 0.15) is 12.1 Å². The number of methoxy groups -OCH3 is 2. The average molecular weight is 293 g/mol. The van der Waals surface area contributed by atoms with E-state index in [0.29, 0.717) is 6.61 Å². The van der Waals surface area contributed by atoms with Gasteiger partial charge >= 0.3 is 0 Å². The Morgan fingerprint density at radius 1 is 1.14 bits per heavy atom. The van der Waals surface area contributed by atoms with E-state index in [1.807, 2.05) is 24.0 Å². The molecule has 0 spiro atoms. The number of hydrogen-bond acceptors (Lipinski definition) is 5. The van der Waals surface area contributed by atoms with E-state index >= 15 is 0 Å². The number of aryl methyl sites for hydroxylation is 2. The van der Waals surface area contributed by atoms with Crippen LogP contribution in [0.5, 0.6) is 0 Å². The first-order chi connectivity index (χ1) is 10.2. The molecule has 0 fully saturated rings. The smallest absolute Gasteiger partial charge is 0.207 e. The molecule has 0 atom stereocenters. The average Bonchev–Trinajstić information content (AvgIpc) is 3.04. The molecule has 0 saturated carbocycles. The van der Waals surface area contributed by atoms with Gasteiger partial charge in [0.2, 0.25) is 5.95 Å². The van der Waals surface area contributed by atoms with Crippen LogP contribution in [0.25, 0.3) is 0 Å². The van der Waals surface area contributed by atoms with E-state index in [9.17, 15) is 0 Å². The first-order valence-electron chi connectivity index (χ1n) is 7.04. The Kier molecular flexibility index (Phi) is 5.77. The van der Waals surface area contributed by atoms with Crippen molar-refractivity contribution >= 4 is 11.6 Å². The number of imidazole rings is 1. The van der Waals surface area contributed by atoms with Crippen LogP contribution in [0, 0.1) is 6.92 Å². The lowest BCUT2D eigenvalue weighted by Gasteiger charge is -2.07. The zero-order chi connectivity index (χ0) is 15.1. The van der Waals surface area contributed by atoms with E-state index in [-0.39, 0.29) is 0 Å². The van der Waals surface area contributed by atoms with Gasteiger partial charge in [0.25, 0.3) is 0 Å². The van der Waals surface area contributed by atoms with E-state index < -0.39 is 0 Å². The fourth-order valence-electron chi connectivity index (χ4n) is 2.06. The summed E-state index contributed by atoms with van der Waals surface area (Å²) in [4.78, 5) is 4.51. The van der Waals surface area contributed by atoms with Crippen LogP contribution in [0.2, 0.25) is 0 Å². The minimum atomic E-state index is 0.645. The third-order valence-electron chi connectivity index (χ3n) is 3.06. The van der Waals surface area contributed by atoms with Crippen LogP contribution >= 0.6 is 0 Å². The van der Waals surface area contributed by atoms with Crippen molar-refractivity contribution in [1.29, 1.82) is 0 Å². The summed E-state index contributed by atoms with van der Waals surface area (Å²) in [6.45, 7) is 4.98. The number of nitrogens with one attached hydrogen (secondary N) is 1. The van der Waals surface area contributed by atoms with Gasteiger partial charge in [-0.1, -0.05) is 0 Å². The van der Waals surface area contributed by atoms with Crippen molar-refractivity contribution in [3.8, 4) is 0 Å². The van der Waals surface area contributed by atoms with E-state index in [1.54, 1.807) is 20.4 Å². The van der Waals surface area contributed by atoms with Crippen molar-refractivity contribution < 1.29 is 9.47 Å². The largest absolute Gasteiger partial charge is 0.385 e. The molecule has 21 heavy (non-hydrogen) atoms. The Bertz CT molecular complexity index is 549. The minimum absolute atomic E-state index is 0.645. The highest BCUT2D eigenvalue weighted by molar-refractivity contribution is 5.51. The van der Waals surface area contributed by atoms with Crippen molar-refractivity contribution in [2.75, 3.05) is 32.8 Å². The van der Waals surface area contributed by atoms with Gasteiger partial charge in [0, 0.05) is 39.8 Å². The van der Waals surface area contributed by atoms with Gasteiger partial charge in [0.1, 0.15) is 0 Å². The van der Waals surface area contributed by atoms with Gasteiger partial charge < -0.3 is 19.4 Å². The number of hydrogen-bond donors (Lipinski definition) is 1. The second-order valence-corrected chi connectivity index (χ2v) is 4.86. The molecular formula is C14H23N5O2. The molecule has 2 rings (SSSR count). The molecule has 0 aliphatic heterocycles. The zero-order valence-electron chi connectivity index (χ0n) is 12.9. The number of aromatic nitrogens is 4. The van der Waals surface area contributed by atoms with Crippen molar-refractivity contribution in [3.63, 3.8) is 0 Å². The SMILES string of the molecule is COCCCn1cc(C)nc1Nc1cnn(CCOC)c1. The van der Waals surface area contributed by atoms with Gasteiger partial charge in [0.15, 0.2) is 0 Å². The Morgan fingerprint density at radius 2 is 1.95 bits per heavy atom. The highest BCUT2D eigenvalue weighted by Gasteiger charge is 2.07. The summed E-state index contributed by atoms with van der Waals surface area (Å²) in [5, 5.41) is 7.58. The maximum absolute atomic E-state index is 5.09. The van der Waals surface area contributed by atoms with Crippen LogP contribution in [-0.4, -0.2) is 46.8 Å². The Hall–Kier alpha value is -1.86. The summed E-state index contributed by atoms with van der Waals surface area (Å²) in [5.41, 5.74) is 1.91. The van der Waals surface area contributed by atoms with Gasteiger partial charge in [-0.25, -0.2) is 4.98 Å². The summed E-state index contributed by atoms with van der Waals surface area (Å²) in [5.74, 6) is 0.829. The molecule has 2 aromatic rings. The van der Waals surface area contributed by atoms with Crippen LogP contribution in [-0.2, 0) is 22.6 Å². The Labute approximate surface area is 124 Å². The zero-order valence-corrected chi connectivity index (χ0v) is 12.9. The van der Waals surface area contributed by atoms with Crippen molar-refractivity contribution in [3.05, 3.63) is 24.3 Å². The number of anilines is 2. The molecule has 0 aliphatic carbocycles. The lowest BCUT2D eigenvalue weighted by molar-refractivity contribution is 0.183. The number of nitrogens with zero attached hydrogens (tertiary/aromatic N) is 4. The third kappa shape index (κ3) is 4.57. The number of rotatable bonds is 9. The fraction of sp³-hybridized carbons (Fsp3) is 0.571. The standard InChI is InChI=1S/C14H23N5O2/c1-12-10-18(5-4-7-20-2)14(16-12)17-13-9-15-19(11-13)6-8-21-3/h9-11H,4-8H2,1-3H3,(H,16,17). The van der Waals surface area contributed by atoms with E-state index in [2.05, 4.69) is 20.0 Å². The van der Waals surface area contributed by atoms with E-state index in [4.69, 9.17) is 9.47 Å². The molecule has 2 aromatic heterocycles. The maximum Gasteiger partial charge on any atom is 0.207 e. The topological polar surface area (TPSA) is 66.1 Å². The second-order valence-electron chi connectivity index (χ2n) is 4.86. The molecule has 0 aromatic carbocycles. The predicted octanol–water partition coefficient (Wildman–Crippen LogP) is 1.81. The number of ether oxygens (including phenoxy) is 2. The lowest BCUT2D eigenvalue weighted by atomic mass is 10.4. The molecule has 1 N–H and O–H groups in total. The molecule has 116 valence electrons. The molecule has 0 saturated heterocycles. The monoisotopic (exact) mass is 293 g/mol. The molecule has 0 bridgehead atoms. The summed E-state index contributed by atoms with van der Waals surface area (Å²) in [6.07, 6.45) is 6.73. The quantitative estimate of drug-likeness (QED) is 0.714. The first-order valence-corrected chi connectivity index (χ1v) is 7.04. The van der Waals surface area contributed by atoms with Crippen molar-refractivity contribution in [2.45, 2.75) is 26.4 Å². The van der Waals surface area contributed by atoms with Gasteiger partial charge in [-0.05, 0) is 13.3 Å². The molecule has 0 unspecified atom stereocenters. The lowest BCUT2D eigenvalue weighted by Crippen LogP contribution is -2.05. The summed E-state index contributed by atoms with van der Waals surface area (Å²) in [6, 6.07) is 0. The molecular weight excluding hydrogens is 270 g/mol. The highest BCUT2D eigenvalue weighted by Crippen LogP contribution is 2.16. The van der Waals surface area contributed by atoms with Gasteiger partial charge in [-0.2, -0.15) is 5.10 Å². The van der Waals surface area contributed by atoms with Crippen LogP contribution < -0.4 is 5.32 Å². The normalized spacial score (nSPS) is 11.0. The highest BCUT2D eigenvalue weighted by atomic mass is 16.5. The molecule has 0 aliphatic rings. The Balaban J connectivity index is 1.99. The van der Waals surface area contributed by atoms with Crippen LogP contribution in [0.4, 0.5) is 11.6 Å². The molecule has 7 heteroatoms. The minimum Gasteiger partial charge on any atom is -0.385 e. The third-order valence-corrected chi connectivity index (χ3v) is 3.06. The van der Waals surface area contributed by atoms with Crippen molar-refractivity contribution in [1.82, 2.24) is 19.3 Å². The van der Waals surface area contributed by atoms with Gasteiger partial charge in [0.05, 0.1) is 30.7 Å². The van der Waals surface area contributed by atoms with E-state index in [0.717, 1.165) is 43.4 Å². The maximum atomic E-state index is 5.09. The first kappa shape index (κ1) is 15.5. The second kappa shape index (κ2) is 7.80. The molecule has 0 radical (unpaired) electrons. The van der Waals surface area contributed by atoms with E-state index in [1.165, 1.54) is 0 Å².